The fourth-order valence-corrected chi connectivity index (χ4v) is 2.06. The van der Waals surface area contributed by atoms with Gasteiger partial charge in [0.1, 0.15) is 5.75 Å². The van der Waals surface area contributed by atoms with Crippen molar-refractivity contribution >= 4 is 11.6 Å². The summed E-state index contributed by atoms with van der Waals surface area (Å²) in [6, 6.07) is 7.86. The van der Waals surface area contributed by atoms with Crippen molar-refractivity contribution in [2.75, 3.05) is 12.4 Å². The minimum absolute atomic E-state index is 0.103. The van der Waals surface area contributed by atoms with Crippen molar-refractivity contribution in [1.82, 2.24) is 9.78 Å². The van der Waals surface area contributed by atoms with E-state index in [1.807, 2.05) is 30.5 Å². The zero-order valence-electron chi connectivity index (χ0n) is 11.4. The number of nitrogens with zero attached hydrogens (tertiary/aromatic N) is 2. The third-order valence-electron chi connectivity index (χ3n) is 3.33. The van der Waals surface area contributed by atoms with E-state index in [1.54, 1.807) is 18.0 Å². The second-order valence-electron chi connectivity index (χ2n) is 5.04. The molecule has 1 aliphatic carbocycles. The molecule has 0 saturated heterocycles. The maximum atomic E-state index is 11.7. The molecule has 1 heterocycles. The Morgan fingerprint density at radius 3 is 3.10 bits per heavy atom. The highest BCUT2D eigenvalue weighted by Crippen LogP contribution is 2.30. The number of nitrogens with one attached hydrogen (secondary N) is 1. The van der Waals surface area contributed by atoms with Crippen molar-refractivity contribution in [3.8, 4) is 5.75 Å². The molecule has 1 aliphatic rings. The van der Waals surface area contributed by atoms with Crippen LogP contribution in [0, 0.1) is 5.92 Å². The first-order valence-corrected chi connectivity index (χ1v) is 6.71. The van der Waals surface area contributed by atoms with Gasteiger partial charge in [-0.1, -0.05) is 12.1 Å². The van der Waals surface area contributed by atoms with Crippen LogP contribution in [-0.2, 0) is 11.3 Å². The van der Waals surface area contributed by atoms with Crippen LogP contribution < -0.4 is 10.1 Å². The van der Waals surface area contributed by atoms with Crippen molar-refractivity contribution in [3.63, 3.8) is 0 Å². The lowest BCUT2D eigenvalue weighted by Gasteiger charge is -2.04. The summed E-state index contributed by atoms with van der Waals surface area (Å²) >= 11 is 0. The summed E-state index contributed by atoms with van der Waals surface area (Å²) in [6.07, 6.45) is 5.54. The lowest BCUT2D eigenvalue weighted by Crippen LogP contribution is -2.12. The average molecular weight is 271 g/mol. The summed E-state index contributed by atoms with van der Waals surface area (Å²) in [5.41, 5.74) is 1.86. The standard InChI is InChI=1S/C15H17N3O2/c1-20-14-4-2-3-11(7-14)9-18-10-13(8-16-18)17-15(19)12-5-6-12/h2-4,7-8,10,12H,5-6,9H2,1H3,(H,17,19). The van der Waals surface area contributed by atoms with Crippen LogP contribution in [0.3, 0.4) is 0 Å². The van der Waals surface area contributed by atoms with E-state index in [-0.39, 0.29) is 11.8 Å². The molecule has 0 bridgehead atoms. The highest BCUT2D eigenvalue weighted by Gasteiger charge is 2.29. The Hall–Kier alpha value is -2.30. The van der Waals surface area contributed by atoms with Crippen molar-refractivity contribution in [2.45, 2.75) is 19.4 Å². The summed E-state index contributed by atoms with van der Waals surface area (Å²) in [4.78, 5) is 11.7. The van der Waals surface area contributed by atoms with E-state index in [9.17, 15) is 4.79 Å². The number of carbonyl (C=O) groups excluding carboxylic acids is 1. The Labute approximate surface area is 117 Å². The van der Waals surface area contributed by atoms with Crippen molar-refractivity contribution in [3.05, 3.63) is 42.2 Å². The highest BCUT2D eigenvalue weighted by molar-refractivity contribution is 5.93. The average Bonchev–Trinajstić information content (AvgIpc) is 3.22. The predicted molar refractivity (Wildman–Crippen MR) is 75.7 cm³/mol. The molecule has 0 radical (unpaired) electrons. The zero-order chi connectivity index (χ0) is 13.9. The summed E-state index contributed by atoms with van der Waals surface area (Å²) in [5, 5.41) is 7.15. The Balaban J connectivity index is 1.65. The Kier molecular flexibility index (Phi) is 3.41. The number of amides is 1. The Bertz CT molecular complexity index is 617. The minimum atomic E-state index is 0.103. The van der Waals surface area contributed by atoms with Crippen LogP contribution in [0.15, 0.2) is 36.7 Å². The van der Waals surface area contributed by atoms with Crippen molar-refractivity contribution < 1.29 is 9.53 Å². The van der Waals surface area contributed by atoms with E-state index in [1.165, 1.54) is 0 Å². The number of carbonyl (C=O) groups is 1. The normalized spacial score (nSPS) is 14.1. The SMILES string of the molecule is COc1cccc(Cn2cc(NC(=O)C3CC3)cn2)c1. The smallest absolute Gasteiger partial charge is 0.227 e. The Morgan fingerprint density at radius 1 is 1.50 bits per heavy atom. The number of anilines is 1. The molecule has 5 heteroatoms. The fraction of sp³-hybridized carbons (Fsp3) is 0.333. The van der Waals surface area contributed by atoms with E-state index in [0.29, 0.717) is 6.54 Å². The van der Waals surface area contributed by atoms with Gasteiger partial charge in [0, 0.05) is 12.1 Å². The van der Waals surface area contributed by atoms with E-state index in [4.69, 9.17) is 4.74 Å². The lowest BCUT2D eigenvalue weighted by molar-refractivity contribution is -0.117. The third kappa shape index (κ3) is 2.99. The van der Waals surface area contributed by atoms with Gasteiger partial charge in [0.05, 0.1) is 25.5 Å². The minimum Gasteiger partial charge on any atom is -0.497 e. The number of aromatic nitrogens is 2. The number of benzene rings is 1. The number of ether oxygens (including phenoxy) is 1. The second kappa shape index (κ2) is 5.36. The van der Waals surface area contributed by atoms with Crippen LogP contribution >= 0.6 is 0 Å². The van der Waals surface area contributed by atoms with E-state index >= 15 is 0 Å². The maximum absolute atomic E-state index is 11.7. The molecule has 1 aromatic heterocycles. The van der Waals surface area contributed by atoms with Crippen molar-refractivity contribution in [1.29, 1.82) is 0 Å². The highest BCUT2D eigenvalue weighted by atomic mass is 16.5. The first-order chi connectivity index (χ1) is 9.74. The van der Waals surface area contributed by atoms with Gasteiger partial charge in [-0.15, -0.1) is 0 Å². The van der Waals surface area contributed by atoms with Gasteiger partial charge in [0.25, 0.3) is 0 Å². The fourth-order valence-electron chi connectivity index (χ4n) is 2.06. The van der Waals surface area contributed by atoms with E-state index in [0.717, 1.165) is 29.8 Å². The molecule has 0 aliphatic heterocycles. The molecule has 104 valence electrons. The van der Waals surface area contributed by atoms with Gasteiger partial charge < -0.3 is 10.1 Å². The van der Waals surface area contributed by atoms with Crippen LogP contribution in [0.25, 0.3) is 0 Å². The quantitative estimate of drug-likeness (QED) is 0.907. The number of hydrogen-bond acceptors (Lipinski definition) is 3. The van der Waals surface area contributed by atoms with Gasteiger partial charge in [-0.3, -0.25) is 9.48 Å². The van der Waals surface area contributed by atoms with Gasteiger partial charge in [0.2, 0.25) is 5.91 Å². The van der Waals surface area contributed by atoms with Crippen molar-refractivity contribution in [2.24, 2.45) is 5.92 Å². The van der Waals surface area contributed by atoms with E-state index in [2.05, 4.69) is 10.4 Å². The van der Waals surface area contributed by atoms with Gasteiger partial charge in [0.15, 0.2) is 0 Å². The van der Waals surface area contributed by atoms with Gasteiger partial charge in [-0.05, 0) is 30.5 Å². The molecule has 0 unspecified atom stereocenters. The second-order valence-corrected chi connectivity index (χ2v) is 5.04. The summed E-state index contributed by atoms with van der Waals surface area (Å²) in [6.45, 7) is 0.649. The van der Waals surface area contributed by atoms with Crippen LogP contribution in [0.4, 0.5) is 5.69 Å². The van der Waals surface area contributed by atoms with Gasteiger partial charge >= 0.3 is 0 Å². The number of hydrogen-bond donors (Lipinski definition) is 1. The number of rotatable bonds is 5. The molecule has 1 fully saturated rings. The predicted octanol–water partition coefficient (Wildman–Crippen LogP) is 2.29. The molecule has 1 aromatic carbocycles. The molecule has 1 saturated carbocycles. The van der Waals surface area contributed by atoms with Crippen LogP contribution in [0.5, 0.6) is 5.75 Å². The van der Waals surface area contributed by atoms with Gasteiger partial charge in [-0.25, -0.2) is 0 Å². The molecule has 3 rings (SSSR count). The van der Waals surface area contributed by atoms with Crippen LogP contribution in [-0.4, -0.2) is 22.8 Å². The molecule has 0 spiro atoms. The molecule has 1 amide bonds. The largest absolute Gasteiger partial charge is 0.497 e. The molecular weight excluding hydrogens is 254 g/mol. The molecule has 5 nitrogen and oxygen atoms in total. The van der Waals surface area contributed by atoms with Gasteiger partial charge in [-0.2, -0.15) is 5.10 Å². The molecule has 2 aromatic rings. The number of methoxy groups -OCH3 is 1. The van der Waals surface area contributed by atoms with Crippen LogP contribution in [0.1, 0.15) is 18.4 Å². The molecule has 0 atom stereocenters. The van der Waals surface area contributed by atoms with Crippen LogP contribution in [0.2, 0.25) is 0 Å². The third-order valence-corrected chi connectivity index (χ3v) is 3.33. The first kappa shape index (κ1) is 12.7. The first-order valence-electron chi connectivity index (χ1n) is 6.71. The topological polar surface area (TPSA) is 56.1 Å². The molecule has 20 heavy (non-hydrogen) atoms. The van der Waals surface area contributed by atoms with E-state index < -0.39 is 0 Å². The molecule has 1 N–H and O–H groups in total. The summed E-state index contributed by atoms with van der Waals surface area (Å²) in [5.74, 6) is 1.14. The maximum Gasteiger partial charge on any atom is 0.227 e. The monoisotopic (exact) mass is 271 g/mol. The summed E-state index contributed by atoms with van der Waals surface area (Å²) in [7, 11) is 1.65. The molecular formula is C15H17N3O2. The summed E-state index contributed by atoms with van der Waals surface area (Å²) < 4.78 is 7.00. The Morgan fingerprint density at radius 2 is 2.35 bits per heavy atom. The lowest BCUT2D eigenvalue weighted by atomic mass is 10.2. The zero-order valence-corrected chi connectivity index (χ0v) is 11.4.